The Kier molecular flexibility index (Phi) is 5.70. The van der Waals surface area contributed by atoms with Crippen LogP contribution in [0.1, 0.15) is 0 Å². The highest BCUT2D eigenvalue weighted by Crippen LogP contribution is 2.56. The molecule has 0 unspecified atom stereocenters. The molecule has 11 rings (SSSR count). The fourth-order valence-corrected chi connectivity index (χ4v) is 8.59. The van der Waals surface area contributed by atoms with Crippen molar-refractivity contribution >= 4 is 71.2 Å². The number of hydrogen-bond donors (Lipinski definition) is 0. The van der Waals surface area contributed by atoms with Crippen LogP contribution in [0, 0.1) is 0 Å². The Morgan fingerprint density at radius 1 is 0.360 bits per heavy atom. The maximum absolute atomic E-state index is 2.50. The molecule has 1 aromatic heterocycles. The van der Waals surface area contributed by atoms with E-state index < -0.39 is 0 Å². The second kappa shape index (κ2) is 10.4. The summed E-state index contributed by atoms with van der Waals surface area (Å²) in [5, 5.41) is 10.1. The summed E-state index contributed by atoms with van der Waals surface area (Å²) >= 11 is 0. The summed E-state index contributed by atoms with van der Waals surface area (Å²) in [6.07, 6.45) is 0. The topological polar surface area (TPSA) is 8.17 Å². The Balaban J connectivity index is 1.25. The molecule has 1 heterocycles. The van der Waals surface area contributed by atoms with Gasteiger partial charge < -0.3 is 9.47 Å². The third-order valence-electron chi connectivity index (χ3n) is 10.6. The van der Waals surface area contributed by atoms with Crippen molar-refractivity contribution in [2.45, 2.75) is 0 Å². The van der Waals surface area contributed by atoms with Crippen molar-refractivity contribution in [3.05, 3.63) is 182 Å². The van der Waals surface area contributed by atoms with Gasteiger partial charge in [0.25, 0.3) is 0 Å². The zero-order chi connectivity index (χ0) is 32.8. The summed E-state index contributed by atoms with van der Waals surface area (Å²) in [5.41, 5.74) is 12.2. The second-order valence-corrected chi connectivity index (χ2v) is 13.3. The normalized spacial score (nSPS) is 12.0. The Hall–Kier alpha value is -6.64. The number of rotatable bonds is 4. The van der Waals surface area contributed by atoms with Crippen LogP contribution in [0.25, 0.3) is 82.1 Å². The molecule has 0 amide bonds. The molecule has 0 aliphatic heterocycles. The van der Waals surface area contributed by atoms with Gasteiger partial charge in [0.2, 0.25) is 0 Å². The van der Waals surface area contributed by atoms with Gasteiger partial charge in [0.15, 0.2) is 0 Å². The van der Waals surface area contributed by atoms with Crippen LogP contribution in [0.15, 0.2) is 182 Å². The van der Waals surface area contributed by atoms with E-state index in [9.17, 15) is 0 Å². The molecule has 0 radical (unpaired) electrons. The molecule has 1 aliphatic carbocycles. The first-order valence-corrected chi connectivity index (χ1v) is 17.3. The van der Waals surface area contributed by atoms with E-state index in [2.05, 4.69) is 191 Å². The minimum absolute atomic E-state index is 1.12. The Morgan fingerprint density at radius 2 is 1.00 bits per heavy atom. The molecule has 1 aliphatic rings. The van der Waals surface area contributed by atoms with Gasteiger partial charge in [-0.3, -0.25) is 0 Å². The largest absolute Gasteiger partial charge is 0.309 e. The molecular formula is C48H30N2. The van der Waals surface area contributed by atoms with Crippen molar-refractivity contribution in [3.63, 3.8) is 0 Å². The van der Waals surface area contributed by atoms with Crippen molar-refractivity contribution < 1.29 is 0 Å². The van der Waals surface area contributed by atoms with Gasteiger partial charge in [0.05, 0.1) is 22.4 Å². The first kappa shape index (κ1) is 27.3. The average Bonchev–Trinajstić information content (AvgIpc) is 3.70. The number of anilines is 3. The third-order valence-corrected chi connectivity index (χ3v) is 10.6. The maximum Gasteiger partial charge on any atom is 0.0561 e. The van der Waals surface area contributed by atoms with E-state index in [0.717, 1.165) is 17.1 Å². The summed E-state index contributed by atoms with van der Waals surface area (Å²) in [4.78, 5) is 2.50. The summed E-state index contributed by atoms with van der Waals surface area (Å²) < 4.78 is 2.41. The predicted molar refractivity (Wildman–Crippen MR) is 212 cm³/mol. The van der Waals surface area contributed by atoms with Crippen molar-refractivity contribution in [3.8, 4) is 27.9 Å². The van der Waals surface area contributed by atoms with Crippen molar-refractivity contribution in [1.29, 1.82) is 0 Å². The number of benzene rings is 9. The Bertz CT molecular complexity index is 2980. The van der Waals surface area contributed by atoms with Crippen LogP contribution in [-0.2, 0) is 0 Å². The van der Waals surface area contributed by atoms with Crippen molar-refractivity contribution in [2.75, 3.05) is 4.90 Å². The lowest BCUT2D eigenvalue weighted by Crippen LogP contribution is -2.12. The molecule has 2 heteroatoms. The summed E-state index contributed by atoms with van der Waals surface area (Å²) in [6.45, 7) is 0. The fraction of sp³-hybridized carbons (Fsp3) is 0. The lowest BCUT2D eigenvalue weighted by molar-refractivity contribution is 1.18. The highest BCUT2D eigenvalue weighted by Gasteiger charge is 2.29. The summed E-state index contributed by atoms with van der Waals surface area (Å²) in [6, 6.07) is 66.8. The van der Waals surface area contributed by atoms with Crippen LogP contribution < -0.4 is 4.90 Å². The quantitative estimate of drug-likeness (QED) is 0.175. The van der Waals surface area contributed by atoms with E-state index in [0.29, 0.717) is 0 Å². The molecule has 232 valence electrons. The number of para-hydroxylation sites is 2. The molecule has 0 fully saturated rings. The number of nitrogens with zero attached hydrogens (tertiary/aromatic N) is 2. The van der Waals surface area contributed by atoms with E-state index in [1.165, 1.54) is 82.1 Å². The molecule has 0 saturated heterocycles. The number of aromatic nitrogens is 1. The van der Waals surface area contributed by atoms with Gasteiger partial charge in [0.1, 0.15) is 0 Å². The van der Waals surface area contributed by atoms with Gasteiger partial charge in [0, 0.05) is 33.1 Å². The molecule has 9 aromatic carbocycles. The van der Waals surface area contributed by atoms with E-state index in [1.54, 1.807) is 0 Å². The monoisotopic (exact) mass is 634 g/mol. The van der Waals surface area contributed by atoms with Gasteiger partial charge in [-0.2, -0.15) is 0 Å². The predicted octanol–water partition coefficient (Wildman–Crippen LogP) is 13.4. The van der Waals surface area contributed by atoms with Crippen LogP contribution in [0.5, 0.6) is 0 Å². The zero-order valence-electron chi connectivity index (χ0n) is 27.2. The minimum atomic E-state index is 1.12. The third kappa shape index (κ3) is 3.79. The SMILES string of the molecule is c1ccc(-n2c3ccccc3c3ccc(N(c4cccc5c4-c4cccc6cc7ccccc7c-5c46)c4cccc5ccccc45)cc32)cc1. The fourth-order valence-electron chi connectivity index (χ4n) is 8.59. The molecule has 2 nitrogen and oxygen atoms in total. The van der Waals surface area contributed by atoms with Crippen LogP contribution >= 0.6 is 0 Å². The van der Waals surface area contributed by atoms with E-state index in [4.69, 9.17) is 0 Å². The first-order chi connectivity index (χ1) is 24.8. The molecule has 50 heavy (non-hydrogen) atoms. The Morgan fingerprint density at radius 3 is 1.90 bits per heavy atom. The molecule has 0 atom stereocenters. The summed E-state index contributed by atoms with van der Waals surface area (Å²) in [7, 11) is 0. The van der Waals surface area contributed by atoms with Crippen LogP contribution in [0.3, 0.4) is 0 Å². The lowest BCUT2D eigenvalue weighted by Gasteiger charge is -2.29. The average molecular weight is 635 g/mol. The van der Waals surface area contributed by atoms with Gasteiger partial charge in [-0.25, -0.2) is 0 Å². The van der Waals surface area contributed by atoms with Gasteiger partial charge in [-0.05, 0) is 92.2 Å². The molecule has 0 spiro atoms. The molecule has 0 N–H and O–H groups in total. The molecular weight excluding hydrogens is 605 g/mol. The van der Waals surface area contributed by atoms with Crippen molar-refractivity contribution in [2.24, 2.45) is 0 Å². The summed E-state index contributed by atoms with van der Waals surface area (Å²) in [5.74, 6) is 0. The number of fused-ring (bicyclic) bond motifs is 9. The highest BCUT2D eigenvalue weighted by atomic mass is 15.1. The van der Waals surface area contributed by atoms with Gasteiger partial charge in [-0.1, -0.05) is 133 Å². The van der Waals surface area contributed by atoms with E-state index >= 15 is 0 Å². The standard InChI is InChI=1S/C48H30N2/c1-2-17-34(18-3-1)49-43-24-9-8-21-38(43)39-28-27-35(30-45(39)49)50(42-25-11-15-31-13-4-6-19-36(31)42)44-26-12-23-41-47(44)40-22-10-16-33-29-32-14-5-7-20-37(32)48(41)46(33)40/h1-30H. The molecule has 10 aromatic rings. The smallest absolute Gasteiger partial charge is 0.0561 e. The number of hydrogen-bond acceptors (Lipinski definition) is 1. The van der Waals surface area contributed by atoms with Crippen LogP contribution in [0.2, 0.25) is 0 Å². The van der Waals surface area contributed by atoms with Crippen molar-refractivity contribution in [1.82, 2.24) is 4.57 Å². The second-order valence-electron chi connectivity index (χ2n) is 13.3. The highest BCUT2D eigenvalue weighted by molar-refractivity contribution is 6.26. The lowest BCUT2D eigenvalue weighted by atomic mass is 9.96. The minimum Gasteiger partial charge on any atom is -0.309 e. The maximum atomic E-state index is 2.50. The molecule has 0 bridgehead atoms. The van der Waals surface area contributed by atoms with E-state index in [1.807, 2.05) is 0 Å². The first-order valence-electron chi connectivity index (χ1n) is 17.3. The zero-order valence-corrected chi connectivity index (χ0v) is 27.2. The van der Waals surface area contributed by atoms with Gasteiger partial charge in [-0.15, -0.1) is 0 Å². The van der Waals surface area contributed by atoms with E-state index in [-0.39, 0.29) is 0 Å². The Labute approximate surface area is 289 Å². The van der Waals surface area contributed by atoms with Crippen LogP contribution in [0.4, 0.5) is 17.1 Å². The van der Waals surface area contributed by atoms with Gasteiger partial charge >= 0.3 is 0 Å². The molecule has 0 saturated carbocycles. The van der Waals surface area contributed by atoms with Crippen LogP contribution in [-0.4, -0.2) is 4.57 Å².